The van der Waals surface area contributed by atoms with Gasteiger partial charge in [-0.25, -0.2) is 0 Å². The van der Waals surface area contributed by atoms with Crippen molar-refractivity contribution in [2.45, 2.75) is 70.8 Å². The van der Waals surface area contributed by atoms with Crippen molar-refractivity contribution in [3.8, 4) is 11.8 Å². The van der Waals surface area contributed by atoms with Gasteiger partial charge in [0.25, 0.3) is 0 Å². The number of hydrogen-bond acceptors (Lipinski definition) is 1. The largest absolute Gasteiger partial charge is 0.286 e. The van der Waals surface area contributed by atoms with Gasteiger partial charge >= 0.3 is 0 Å². The predicted octanol–water partition coefficient (Wildman–Crippen LogP) is 5.58. The summed E-state index contributed by atoms with van der Waals surface area (Å²) in [4.78, 5) is 2.57. The molecule has 120 valence electrons. The van der Waals surface area contributed by atoms with Crippen LogP contribution in [0.25, 0.3) is 0 Å². The van der Waals surface area contributed by atoms with Crippen LogP contribution in [0, 0.1) is 11.8 Å². The van der Waals surface area contributed by atoms with Gasteiger partial charge in [0.05, 0.1) is 6.04 Å². The Labute approximate surface area is 137 Å². The van der Waals surface area contributed by atoms with Crippen LogP contribution in [0.3, 0.4) is 0 Å². The minimum Gasteiger partial charge on any atom is -0.286 e. The highest BCUT2D eigenvalue weighted by Gasteiger charge is 2.19. The van der Waals surface area contributed by atoms with E-state index in [1.54, 1.807) is 0 Å². The number of likely N-dealkylation sites (tertiary alicyclic amines) is 1. The maximum absolute atomic E-state index is 3.57. The molecular weight excluding hydrogens is 266 g/mol. The summed E-state index contributed by atoms with van der Waals surface area (Å²) in [6.45, 7) is 4.67. The van der Waals surface area contributed by atoms with E-state index in [2.05, 4.69) is 54.0 Å². The van der Waals surface area contributed by atoms with Crippen LogP contribution in [0.15, 0.2) is 30.3 Å². The smallest absolute Gasteiger partial charge is 0.0970 e. The zero-order valence-corrected chi connectivity index (χ0v) is 14.2. The highest BCUT2D eigenvalue weighted by Crippen LogP contribution is 2.24. The Bertz CT molecular complexity index is 448. The summed E-state index contributed by atoms with van der Waals surface area (Å²) in [6, 6.07) is 11.1. The zero-order chi connectivity index (χ0) is 15.5. The molecule has 0 spiro atoms. The predicted molar refractivity (Wildman–Crippen MR) is 95.8 cm³/mol. The average molecular weight is 297 g/mol. The maximum atomic E-state index is 3.57. The molecule has 1 unspecified atom stereocenters. The van der Waals surface area contributed by atoms with E-state index in [0.717, 1.165) is 6.42 Å². The third-order valence-electron chi connectivity index (χ3n) is 4.52. The van der Waals surface area contributed by atoms with E-state index in [1.165, 1.54) is 70.0 Å². The fraction of sp³-hybridized carbons (Fsp3) is 0.619. The first kappa shape index (κ1) is 17.1. The SMILES string of the molecule is CCCCCCCC#CC(c1ccccc1)N1CCCCC1. The number of hydrogen-bond donors (Lipinski definition) is 0. The van der Waals surface area contributed by atoms with E-state index < -0.39 is 0 Å². The molecule has 0 aliphatic carbocycles. The lowest BCUT2D eigenvalue weighted by Gasteiger charge is -2.31. The van der Waals surface area contributed by atoms with E-state index in [9.17, 15) is 0 Å². The number of piperidine rings is 1. The molecule has 1 atom stereocenters. The van der Waals surface area contributed by atoms with Crippen molar-refractivity contribution in [3.63, 3.8) is 0 Å². The molecule has 1 fully saturated rings. The number of benzene rings is 1. The summed E-state index contributed by atoms with van der Waals surface area (Å²) in [7, 11) is 0. The topological polar surface area (TPSA) is 3.24 Å². The lowest BCUT2D eigenvalue weighted by molar-refractivity contribution is 0.197. The minimum atomic E-state index is 0.303. The van der Waals surface area contributed by atoms with Gasteiger partial charge in [-0.15, -0.1) is 5.92 Å². The highest BCUT2D eigenvalue weighted by atomic mass is 15.2. The molecule has 1 nitrogen and oxygen atoms in total. The third kappa shape index (κ3) is 5.85. The lowest BCUT2D eigenvalue weighted by atomic mass is 10.0. The van der Waals surface area contributed by atoms with Crippen LogP contribution in [-0.4, -0.2) is 18.0 Å². The molecular formula is C21H31N. The molecule has 0 saturated carbocycles. The van der Waals surface area contributed by atoms with Crippen molar-refractivity contribution in [2.75, 3.05) is 13.1 Å². The Morgan fingerprint density at radius 3 is 2.41 bits per heavy atom. The Morgan fingerprint density at radius 1 is 0.955 bits per heavy atom. The second kappa shape index (κ2) is 10.5. The van der Waals surface area contributed by atoms with Gasteiger partial charge in [0, 0.05) is 6.42 Å². The Morgan fingerprint density at radius 2 is 1.68 bits per heavy atom. The highest BCUT2D eigenvalue weighted by molar-refractivity contribution is 5.27. The van der Waals surface area contributed by atoms with Crippen molar-refractivity contribution in [3.05, 3.63) is 35.9 Å². The van der Waals surface area contributed by atoms with Gasteiger partial charge in [0.2, 0.25) is 0 Å². The molecule has 0 radical (unpaired) electrons. The van der Waals surface area contributed by atoms with Gasteiger partial charge in [-0.3, -0.25) is 4.90 Å². The summed E-state index contributed by atoms with van der Waals surface area (Å²) >= 11 is 0. The van der Waals surface area contributed by atoms with E-state index >= 15 is 0 Å². The van der Waals surface area contributed by atoms with E-state index in [-0.39, 0.29) is 0 Å². The molecule has 1 aliphatic heterocycles. The van der Waals surface area contributed by atoms with Crippen LogP contribution in [0.5, 0.6) is 0 Å². The lowest BCUT2D eigenvalue weighted by Crippen LogP contribution is -2.33. The quantitative estimate of drug-likeness (QED) is 0.469. The first-order valence-corrected chi connectivity index (χ1v) is 9.19. The van der Waals surface area contributed by atoms with Crippen molar-refractivity contribution < 1.29 is 0 Å². The van der Waals surface area contributed by atoms with Crippen molar-refractivity contribution >= 4 is 0 Å². The first-order valence-electron chi connectivity index (χ1n) is 9.19. The summed E-state index contributed by atoms with van der Waals surface area (Å²) in [6.07, 6.45) is 11.7. The minimum absolute atomic E-state index is 0.303. The first-order chi connectivity index (χ1) is 10.9. The molecule has 1 aliphatic rings. The number of rotatable bonds is 7. The summed E-state index contributed by atoms with van der Waals surface area (Å²) in [5.74, 6) is 7.04. The van der Waals surface area contributed by atoms with E-state index in [1.807, 2.05) is 0 Å². The monoisotopic (exact) mass is 297 g/mol. The van der Waals surface area contributed by atoms with Crippen LogP contribution in [0.1, 0.15) is 76.3 Å². The van der Waals surface area contributed by atoms with Crippen molar-refractivity contribution in [1.82, 2.24) is 4.90 Å². The van der Waals surface area contributed by atoms with Gasteiger partial charge in [0.1, 0.15) is 0 Å². The molecule has 2 rings (SSSR count). The summed E-state index contributed by atoms with van der Waals surface area (Å²) < 4.78 is 0. The van der Waals surface area contributed by atoms with Gasteiger partial charge < -0.3 is 0 Å². The van der Waals surface area contributed by atoms with Crippen LogP contribution in [0.4, 0.5) is 0 Å². The van der Waals surface area contributed by atoms with Gasteiger partial charge in [-0.1, -0.05) is 75.3 Å². The zero-order valence-electron chi connectivity index (χ0n) is 14.2. The van der Waals surface area contributed by atoms with Crippen LogP contribution in [0.2, 0.25) is 0 Å². The Hall–Kier alpha value is -1.26. The molecule has 22 heavy (non-hydrogen) atoms. The molecule has 1 heteroatoms. The molecule has 1 heterocycles. The van der Waals surface area contributed by atoms with Crippen LogP contribution < -0.4 is 0 Å². The molecule has 0 N–H and O–H groups in total. The second-order valence-corrected chi connectivity index (χ2v) is 6.40. The average Bonchev–Trinajstić information content (AvgIpc) is 2.59. The number of nitrogens with zero attached hydrogens (tertiary/aromatic N) is 1. The molecule has 0 aromatic heterocycles. The van der Waals surface area contributed by atoms with Gasteiger partial charge in [-0.2, -0.15) is 0 Å². The van der Waals surface area contributed by atoms with Crippen LogP contribution in [-0.2, 0) is 0 Å². The number of unbranched alkanes of at least 4 members (excludes halogenated alkanes) is 5. The Balaban J connectivity index is 1.90. The van der Waals surface area contributed by atoms with E-state index in [0.29, 0.717) is 6.04 Å². The molecule has 0 bridgehead atoms. The Kier molecular flexibility index (Phi) is 8.13. The van der Waals surface area contributed by atoms with Gasteiger partial charge in [0.15, 0.2) is 0 Å². The normalized spacial score (nSPS) is 16.8. The third-order valence-corrected chi connectivity index (χ3v) is 4.52. The second-order valence-electron chi connectivity index (χ2n) is 6.40. The molecule has 0 amide bonds. The molecule has 1 aromatic rings. The summed E-state index contributed by atoms with van der Waals surface area (Å²) in [5, 5.41) is 0. The van der Waals surface area contributed by atoms with Crippen LogP contribution >= 0.6 is 0 Å². The van der Waals surface area contributed by atoms with E-state index in [4.69, 9.17) is 0 Å². The van der Waals surface area contributed by atoms with Crippen molar-refractivity contribution in [1.29, 1.82) is 0 Å². The van der Waals surface area contributed by atoms with Crippen molar-refractivity contribution in [2.24, 2.45) is 0 Å². The fourth-order valence-electron chi connectivity index (χ4n) is 3.18. The van der Waals surface area contributed by atoms with Gasteiger partial charge in [-0.05, 0) is 37.9 Å². The molecule has 1 aromatic carbocycles. The standard InChI is InChI=1S/C21H31N/c1-2-3-4-5-6-7-12-17-21(20-15-10-8-11-16-20)22-18-13-9-14-19-22/h8,10-11,15-16,21H,2-7,9,13-14,18-19H2,1H3. The molecule has 1 saturated heterocycles. The maximum Gasteiger partial charge on any atom is 0.0970 e. The summed E-state index contributed by atoms with van der Waals surface area (Å²) in [5.41, 5.74) is 1.36. The fourth-order valence-corrected chi connectivity index (χ4v) is 3.18.